The Balaban J connectivity index is 1.40. The molecule has 1 aliphatic heterocycles. The van der Waals surface area contributed by atoms with E-state index in [2.05, 4.69) is 20.0 Å². The van der Waals surface area contributed by atoms with Crippen molar-refractivity contribution in [2.24, 2.45) is 10.7 Å². The Labute approximate surface area is 242 Å². The monoisotopic (exact) mass is 599 g/mol. The molecule has 4 aromatic rings. The van der Waals surface area contributed by atoms with E-state index in [0.717, 1.165) is 10.1 Å². The lowest BCUT2D eigenvalue weighted by Gasteiger charge is -2.28. The topological polar surface area (TPSA) is 120 Å². The summed E-state index contributed by atoms with van der Waals surface area (Å²) in [6.07, 6.45) is 0. The van der Waals surface area contributed by atoms with Crippen molar-refractivity contribution in [3.05, 3.63) is 115 Å². The highest BCUT2D eigenvalue weighted by molar-refractivity contribution is 6.31. The first-order chi connectivity index (χ1) is 20.2. The molecule has 218 valence electrons. The molecule has 3 N–H and O–H groups in total. The molecule has 0 saturated heterocycles. The predicted molar refractivity (Wildman–Crippen MR) is 152 cm³/mol. The van der Waals surface area contributed by atoms with Gasteiger partial charge < -0.3 is 20.7 Å². The van der Waals surface area contributed by atoms with Gasteiger partial charge in [-0.05, 0) is 47.5 Å². The molecule has 2 heterocycles. The molecule has 14 heteroatoms. The van der Waals surface area contributed by atoms with Crippen molar-refractivity contribution in [1.82, 2.24) is 19.0 Å². The van der Waals surface area contributed by atoms with Crippen molar-refractivity contribution in [1.29, 1.82) is 0 Å². The zero-order chi connectivity index (χ0) is 29.8. The van der Waals surface area contributed by atoms with E-state index in [1.807, 2.05) is 6.07 Å². The van der Waals surface area contributed by atoms with Gasteiger partial charge in [0.25, 0.3) is 0 Å². The molecule has 5 rings (SSSR count). The number of benzene rings is 3. The third-order valence-corrected chi connectivity index (χ3v) is 6.91. The average molecular weight is 600 g/mol. The number of hydrogen-bond donors (Lipinski definition) is 2. The molecule has 0 atom stereocenters. The van der Waals surface area contributed by atoms with Crippen molar-refractivity contribution >= 4 is 29.2 Å². The quantitative estimate of drug-likeness (QED) is 0.285. The third-order valence-electron chi connectivity index (χ3n) is 6.56. The van der Waals surface area contributed by atoms with Gasteiger partial charge in [-0.3, -0.25) is 4.57 Å². The number of guanidine groups is 1. The first kappa shape index (κ1) is 28.7. The Morgan fingerprint density at radius 3 is 2.33 bits per heavy atom. The number of nitrogens with one attached hydrogen (secondary N) is 1. The standard InChI is InChI=1S/C28H25ClF3N7O3/c29-22-2-1-3-23-21(22)16-37(25(33)35-23)13-12-34-26-36-27(40)39(15-17-4-8-19(30)9-5-17)28(41)38(26)14-18-6-10-20(11-7-18)42-24(31)32/h1-11,24H,12-16H2,(H2,33,35)(H,34,36,40). The zero-order valence-electron chi connectivity index (χ0n) is 22.0. The highest BCUT2D eigenvalue weighted by Gasteiger charge is 2.20. The van der Waals surface area contributed by atoms with Crippen LogP contribution in [0.5, 0.6) is 5.75 Å². The maximum Gasteiger partial charge on any atom is 0.387 e. The summed E-state index contributed by atoms with van der Waals surface area (Å²) < 4.78 is 45.1. The number of fused-ring (bicyclic) bond motifs is 1. The number of hydrogen-bond acceptors (Lipinski definition) is 8. The van der Waals surface area contributed by atoms with Crippen molar-refractivity contribution in [3.8, 4) is 5.75 Å². The Bertz CT molecular complexity index is 1730. The molecule has 0 bridgehead atoms. The van der Waals surface area contributed by atoms with Crippen LogP contribution in [0.3, 0.4) is 0 Å². The minimum Gasteiger partial charge on any atom is -0.435 e. The van der Waals surface area contributed by atoms with Crippen LogP contribution >= 0.6 is 11.6 Å². The minimum atomic E-state index is -2.98. The van der Waals surface area contributed by atoms with Gasteiger partial charge in [0.2, 0.25) is 5.95 Å². The molecule has 0 amide bonds. The van der Waals surface area contributed by atoms with Crippen LogP contribution in [0.2, 0.25) is 5.02 Å². The summed E-state index contributed by atoms with van der Waals surface area (Å²) in [5.41, 5.74) is 7.28. The summed E-state index contributed by atoms with van der Waals surface area (Å²) in [6.45, 7) is -2.16. The lowest BCUT2D eigenvalue weighted by atomic mass is 10.1. The molecule has 0 aliphatic carbocycles. The van der Waals surface area contributed by atoms with Gasteiger partial charge in [0, 0.05) is 30.2 Å². The van der Waals surface area contributed by atoms with E-state index in [-0.39, 0.29) is 37.3 Å². The third kappa shape index (κ3) is 6.57. The van der Waals surface area contributed by atoms with Crippen LogP contribution in [0.4, 0.5) is 24.8 Å². The Morgan fingerprint density at radius 1 is 0.976 bits per heavy atom. The summed E-state index contributed by atoms with van der Waals surface area (Å²) in [5.74, 6) is -0.205. The lowest BCUT2D eigenvalue weighted by Crippen LogP contribution is -2.44. The van der Waals surface area contributed by atoms with E-state index >= 15 is 0 Å². The fourth-order valence-corrected chi connectivity index (χ4v) is 4.67. The normalized spacial score (nSPS) is 12.7. The van der Waals surface area contributed by atoms with Gasteiger partial charge in [0.1, 0.15) is 11.6 Å². The largest absolute Gasteiger partial charge is 0.435 e. The molecule has 0 spiro atoms. The van der Waals surface area contributed by atoms with Gasteiger partial charge in [-0.2, -0.15) is 13.8 Å². The molecule has 10 nitrogen and oxygen atoms in total. The van der Waals surface area contributed by atoms with Crippen LogP contribution in [-0.2, 0) is 19.6 Å². The summed E-state index contributed by atoms with van der Waals surface area (Å²) in [7, 11) is 0. The van der Waals surface area contributed by atoms with Crippen molar-refractivity contribution in [2.75, 3.05) is 18.4 Å². The van der Waals surface area contributed by atoms with E-state index in [0.29, 0.717) is 34.9 Å². The van der Waals surface area contributed by atoms with Crippen molar-refractivity contribution in [3.63, 3.8) is 0 Å². The number of nitrogens with two attached hydrogens (primary N) is 1. The smallest absolute Gasteiger partial charge is 0.387 e. The molecule has 0 saturated carbocycles. The summed E-state index contributed by atoms with van der Waals surface area (Å²) in [5, 5.41) is 3.60. The SMILES string of the molecule is NC1=Nc2cccc(Cl)c2CN1CCNc1nc(=O)n(Cc2ccc(F)cc2)c(=O)n1Cc1ccc(OC(F)F)cc1. The van der Waals surface area contributed by atoms with Crippen LogP contribution in [0.25, 0.3) is 0 Å². The molecular formula is C28H25ClF3N7O3. The van der Waals surface area contributed by atoms with Gasteiger partial charge in [0.15, 0.2) is 5.96 Å². The first-order valence-corrected chi connectivity index (χ1v) is 13.2. The van der Waals surface area contributed by atoms with Gasteiger partial charge in [0.05, 0.1) is 18.8 Å². The van der Waals surface area contributed by atoms with Gasteiger partial charge in [-0.15, -0.1) is 0 Å². The number of alkyl halides is 2. The molecule has 42 heavy (non-hydrogen) atoms. The van der Waals surface area contributed by atoms with Crippen molar-refractivity contribution in [2.45, 2.75) is 26.2 Å². The average Bonchev–Trinajstić information content (AvgIpc) is 2.95. The van der Waals surface area contributed by atoms with E-state index in [4.69, 9.17) is 17.3 Å². The number of ether oxygens (including phenoxy) is 1. The fourth-order valence-electron chi connectivity index (χ4n) is 4.44. The van der Waals surface area contributed by atoms with Crippen molar-refractivity contribution < 1.29 is 17.9 Å². The number of aromatic nitrogens is 3. The highest BCUT2D eigenvalue weighted by Crippen LogP contribution is 2.31. The molecule has 1 aromatic heterocycles. The van der Waals surface area contributed by atoms with Crippen LogP contribution < -0.4 is 27.2 Å². The van der Waals surface area contributed by atoms with Crippen LogP contribution in [0.1, 0.15) is 16.7 Å². The number of anilines is 1. The molecule has 0 unspecified atom stereocenters. The Hall–Kier alpha value is -4.78. The molecule has 0 fully saturated rings. The van der Waals surface area contributed by atoms with Gasteiger partial charge in [-0.1, -0.05) is 41.9 Å². The maximum atomic E-state index is 13.6. The zero-order valence-corrected chi connectivity index (χ0v) is 22.8. The van der Waals surface area contributed by atoms with E-state index in [1.54, 1.807) is 17.0 Å². The van der Waals surface area contributed by atoms with Gasteiger partial charge >= 0.3 is 18.0 Å². The molecular weight excluding hydrogens is 575 g/mol. The second-order valence-corrected chi connectivity index (χ2v) is 9.78. The lowest BCUT2D eigenvalue weighted by molar-refractivity contribution is -0.0498. The Kier molecular flexibility index (Phi) is 8.48. The number of nitrogens with zero attached hydrogens (tertiary/aromatic N) is 5. The highest BCUT2D eigenvalue weighted by atomic mass is 35.5. The summed E-state index contributed by atoms with van der Waals surface area (Å²) in [4.78, 5) is 36.8. The van der Waals surface area contributed by atoms with E-state index in [9.17, 15) is 22.8 Å². The van der Waals surface area contributed by atoms with E-state index in [1.165, 1.54) is 53.1 Å². The molecule has 1 aliphatic rings. The fraction of sp³-hybridized carbons (Fsp3) is 0.214. The predicted octanol–water partition coefficient (Wildman–Crippen LogP) is 3.77. The Morgan fingerprint density at radius 2 is 1.64 bits per heavy atom. The minimum absolute atomic E-state index is 0.000727. The van der Waals surface area contributed by atoms with Gasteiger partial charge in [-0.25, -0.2) is 23.5 Å². The summed E-state index contributed by atoms with van der Waals surface area (Å²) in [6, 6.07) is 16.5. The van der Waals surface area contributed by atoms with Crippen LogP contribution in [0.15, 0.2) is 81.3 Å². The summed E-state index contributed by atoms with van der Waals surface area (Å²) >= 11 is 6.33. The first-order valence-electron chi connectivity index (χ1n) is 12.8. The van der Waals surface area contributed by atoms with Crippen LogP contribution in [0, 0.1) is 5.82 Å². The second-order valence-electron chi connectivity index (χ2n) is 9.38. The number of aliphatic imine (C=N–C) groups is 1. The number of halogens is 4. The molecule has 3 aromatic carbocycles. The van der Waals surface area contributed by atoms with E-state index < -0.39 is 23.8 Å². The second kappa shape index (κ2) is 12.4. The van der Waals surface area contributed by atoms with Crippen LogP contribution in [-0.4, -0.2) is 44.7 Å². The molecule has 0 radical (unpaired) electrons. The number of rotatable bonds is 10. The maximum absolute atomic E-state index is 13.6.